The molecule has 0 atom stereocenters. The third-order valence-electron chi connectivity index (χ3n) is 2.56. The van der Waals surface area contributed by atoms with Crippen LogP contribution in [0.1, 0.15) is 58.3 Å². The van der Waals surface area contributed by atoms with Crippen molar-refractivity contribution in [1.82, 2.24) is 0 Å². The van der Waals surface area contributed by atoms with Gasteiger partial charge in [-0.05, 0) is 6.42 Å². The Morgan fingerprint density at radius 3 is 1.95 bits per heavy atom. The molecule has 0 saturated carbocycles. The summed E-state index contributed by atoms with van der Waals surface area (Å²) in [6.45, 7) is 2.41. The maximum Gasteiger partial charge on any atom is 0.323 e. The number of esters is 1. The summed E-state index contributed by atoms with van der Waals surface area (Å²) in [5.41, 5.74) is 0. The number of carbonyl (C=O) groups excluding carboxylic acids is 1. The minimum atomic E-state index is -4.26. The van der Waals surface area contributed by atoms with Gasteiger partial charge >= 0.3 is 5.97 Å². The molecule has 0 rings (SSSR count). The van der Waals surface area contributed by atoms with Crippen molar-refractivity contribution >= 4 is 45.6 Å². The van der Waals surface area contributed by atoms with Crippen LogP contribution in [-0.4, -0.2) is 60.9 Å². The fourth-order valence-corrected chi connectivity index (χ4v) is 1.99. The molecular weight excluding hydrogens is 279 g/mol. The Hall–Kier alpha value is 0.380. The number of rotatable bonds is 11. The fourth-order valence-electron chi connectivity index (χ4n) is 1.61. The molecule has 0 amide bonds. The first-order chi connectivity index (χ1) is 8.45. The molecule has 0 saturated heterocycles. The second-order valence-corrected chi connectivity index (χ2v) is 5.87. The number of unbranched alkanes of at least 4 members (excludes halogenated alkanes) is 7. The van der Waals surface area contributed by atoms with Crippen LogP contribution in [0.2, 0.25) is 0 Å². The van der Waals surface area contributed by atoms with Crippen molar-refractivity contribution in [2.75, 3.05) is 12.4 Å². The van der Waals surface area contributed by atoms with Crippen LogP contribution in [0.3, 0.4) is 0 Å². The average Bonchev–Trinajstić information content (AvgIpc) is 2.24. The molecule has 109 valence electrons. The van der Waals surface area contributed by atoms with Crippen LogP contribution in [0.25, 0.3) is 0 Å². The minimum absolute atomic E-state index is 0. The number of hydrogen-bond acceptors (Lipinski definition) is 4. The molecule has 0 aliphatic rings. The molecule has 0 fully saturated rings. The number of ether oxygens (including phenoxy) is 1. The van der Waals surface area contributed by atoms with E-state index in [0.717, 1.165) is 19.3 Å². The van der Waals surface area contributed by atoms with Crippen LogP contribution in [0.4, 0.5) is 0 Å². The molecule has 0 heterocycles. The monoisotopic (exact) mass is 303 g/mol. The van der Waals surface area contributed by atoms with Crippen LogP contribution in [0.15, 0.2) is 0 Å². The van der Waals surface area contributed by atoms with E-state index in [9.17, 15) is 13.2 Å². The quantitative estimate of drug-likeness (QED) is 0.274. The predicted molar refractivity (Wildman–Crippen MR) is 75.7 cm³/mol. The van der Waals surface area contributed by atoms with E-state index < -0.39 is 21.8 Å². The van der Waals surface area contributed by atoms with Gasteiger partial charge in [0.2, 0.25) is 0 Å². The van der Waals surface area contributed by atoms with Crippen molar-refractivity contribution < 1.29 is 22.5 Å². The van der Waals surface area contributed by atoms with Crippen LogP contribution in [0.5, 0.6) is 0 Å². The fraction of sp³-hybridized carbons (Fsp3) is 0.917. The summed E-state index contributed by atoms with van der Waals surface area (Å²) < 4.78 is 33.8. The molecule has 0 unspecified atom stereocenters. The molecule has 5 nitrogen and oxygen atoms in total. The van der Waals surface area contributed by atoms with Crippen LogP contribution >= 0.6 is 0 Å². The van der Waals surface area contributed by atoms with E-state index in [-0.39, 0.29) is 36.2 Å². The normalized spacial score (nSPS) is 10.8. The van der Waals surface area contributed by atoms with Gasteiger partial charge in [0, 0.05) is 29.6 Å². The average molecular weight is 303 g/mol. The maximum atomic E-state index is 10.9. The number of hydrogen-bond donors (Lipinski definition) is 1. The van der Waals surface area contributed by atoms with Crippen molar-refractivity contribution in [3.05, 3.63) is 0 Å². The van der Waals surface area contributed by atoms with E-state index in [2.05, 4.69) is 11.7 Å². The summed E-state index contributed by atoms with van der Waals surface area (Å²) in [5.74, 6) is -1.84. The summed E-state index contributed by atoms with van der Waals surface area (Å²) in [5, 5.41) is 0. The molecule has 1 radical (unpaired) electrons. The van der Waals surface area contributed by atoms with Gasteiger partial charge in [-0.3, -0.25) is 9.35 Å². The first-order valence-corrected chi connectivity index (χ1v) is 8.17. The standard InChI is InChI=1S/C12H24O5S.Na/c1-2-3-4-5-6-7-8-9-10-17-12(13)11-18(14,15)16;/h2-11H2,1H3,(H,14,15,16);. The Bertz CT molecular complexity index is 316. The third kappa shape index (κ3) is 18.4. The topological polar surface area (TPSA) is 80.7 Å². The molecule has 0 aliphatic carbocycles. The SMILES string of the molecule is CCCCCCCCCCOC(=O)CS(=O)(=O)O.[Na]. The Morgan fingerprint density at radius 2 is 1.47 bits per heavy atom. The molecule has 0 aliphatic heterocycles. The van der Waals surface area contributed by atoms with Gasteiger partial charge in [-0.2, -0.15) is 8.42 Å². The van der Waals surface area contributed by atoms with E-state index in [0.29, 0.717) is 0 Å². The first kappa shape index (κ1) is 21.7. The maximum absolute atomic E-state index is 10.9. The molecule has 0 aromatic heterocycles. The number of carbonyl (C=O) groups is 1. The van der Waals surface area contributed by atoms with Gasteiger partial charge in [-0.15, -0.1) is 0 Å². The van der Waals surface area contributed by atoms with Gasteiger partial charge < -0.3 is 4.74 Å². The van der Waals surface area contributed by atoms with Gasteiger partial charge in [0.1, 0.15) is 0 Å². The van der Waals surface area contributed by atoms with Crippen molar-refractivity contribution in [2.45, 2.75) is 58.3 Å². The van der Waals surface area contributed by atoms with Crippen molar-refractivity contribution in [3.8, 4) is 0 Å². The summed E-state index contributed by atoms with van der Waals surface area (Å²) >= 11 is 0. The second kappa shape index (κ2) is 13.4. The van der Waals surface area contributed by atoms with Crippen LogP contribution in [0, 0.1) is 0 Å². The first-order valence-electron chi connectivity index (χ1n) is 6.56. The molecule has 0 bridgehead atoms. The summed E-state index contributed by atoms with van der Waals surface area (Å²) in [6.07, 6.45) is 9.07. The van der Waals surface area contributed by atoms with E-state index in [4.69, 9.17) is 4.55 Å². The second-order valence-electron chi connectivity index (χ2n) is 4.42. The Morgan fingerprint density at radius 1 is 1.00 bits per heavy atom. The Labute approximate surface area is 138 Å². The molecule has 0 aromatic rings. The van der Waals surface area contributed by atoms with Crippen LogP contribution < -0.4 is 0 Å². The zero-order valence-corrected chi connectivity index (χ0v) is 14.9. The van der Waals surface area contributed by atoms with Gasteiger partial charge in [0.25, 0.3) is 10.1 Å². The molecule has 19 heavy (non-hydrogen) atoms. The zero-order valence-electron chi connectivity index (χ0n) is 12.1. The van der Waals surface area contributed by atoms with E-state index in [1.807, 2.05) is 0 Å². The Kier molecular flexibility index (Phi) is 15.2. The predicted octanol–water partition coefficient (Wildman–Crippen LogP) is 2.18. The van der Waals surface area contributed by atoms with Gasteiger partial charge in [-0.25, -0.2) is 0 Å². The van der Waals surface area contributed by atoms with E-state index >= 15 is 0 Å². The van der Waals surface area contributed by atoms with Crippen LogP contribution in [-0.2, 0) is 19.6 Å². The van der Waals surface area contributed by atoms with Gasteiger partial charge in [0.15, 0.2) is 5.75 Å². The van der Waals surface area contributed by atoms with E-state index in [1.165, 1.54) is 32.1 Å². The smallest absolute Gasteiger partial charge is 0.323 e. The van der Waals surface area contributed by atoms with Crippen molar-refractivity contribution in [1.29, 1.82) is 0 Å². The minimum Gasteiger partial charge on any atom is -0.465 e. The zero-order chi connectivity index (χ0) is 13.9. The van der Waals surface area contributed by atoms with Crippen molar-refractivity contribution in [3.63, 3.8) is 0 Å². The Balaban J connectivity index is 0. The van der Waals surface area contributed by atoms with Gasteiger partial charge in [-0.1, -0.05) is 51.9 Å². The van der Waals surface area contributed by atoms with Gasteiger partial charge in [0.05, 0.1) is 6.61 Å². The summed E-state index contributed by atoms with van der Waals surface area (Å²) in [4.78, 5) is 10.9. The summed E-state index contributed by atoms with van der Waals surface area (Å²) in [7, 11) is -4.26. The molecular formula is C12H24NaO5S. The van der Waals surface area contributed by atoms with Crippen molar-refractivity contribution in [2.24, 2.45) is 0 Å². The third-order valence-corrected chi connectivity index (χ3v) is 3.16. The molecule has 1 N–H and O–H groups in total. The summed E-state index contributed by atoms with van der Waals surface area (Å²) in [6, 6.07) is 0. The molecule has 7 heteroatoms. The van der Waals surface area contributed by atoms with E-state index in [1.54, 1.807) is 0 Å². The molecule has 0 spiro atoms. The molecule has 0 aromatic carbocycles. The largest absolute Gasteiger partial charge is 0.465 e.